The van der Waals surface area contributed by atoms with Crippen LogP contribution in [0.5, 0.6) is 11.6 Å². The molecule has 2 aromatic carbocycles. The molecule has 4 rings (SSSR count). The molecule has 1 aliphatic heterocycles. The summed E-state index contributed by atoms with van der Waals surface area (Å²) in [6.07, 6.45) is 0.934. The summed E-state index contributed by atoms with van der Waals surface area (Å²) in [4.78, 5) is 11.0. The van der Waals surface area contributed by atoms with Crippen LogP contribution in [0.2, 0.25) is 10.0 Å². The monoisotopic (exact) mass is 506 g/mol. The molecule has 1 aliphatic rings. The first-order valence-corrected chi connectivity index (χ1v) is 11.6. The number of nitrogen functional groups attached to an aromatic ring is 1. The predicted octanol–water partition coefficient (Wildman–Crippen LogP) is 5.02. The van der Waals surface area contributed by atoms with Crippen LogP contribution in [0.15, 0.2) is 42.6 Å². The van der Waals surface area contributed by atoms with Crippen molar-refractivity contribution in [2.75, 3.05) is 45.2 Å². The van der Waals surface area contributed by atoms with Gasteiger partial charge in [-0.2, -0.15) is 0 Å². The smallest absolute Gasteiger partial charge is 0.258 e. The minimum absolute atomic E-state index is 0.0595. The number of nitrogens with zero attached hydrogens (tertiary/aromatic N) is 3. The molecule has 1 fully saturated rings. The van der Waals surface area contributed by atoms with Gasteiger partial charge >= 0.3 is 0 Å². The minimum atomic E-state index is -0.698. The molecule has 0 amide bonds. The molecule has 0 spiro atoms. The Morgan fingerprint density at radius 3 is 2.62 bits per heavy atom. The predicted molar refractivity (Wildman–Crippen MR) is 130 cm³/mol. The van der Waals surface area contributed by atoms with Gasteiger partial charge in [0.15, 0.2) is 11.6 Å². The summed E-state index contributed by atoms with van der Waals surface area (Å²) in [6, 6.07) is 10.6. The van der Waals surface area contributed by atoms with Crippen molar-refractivity contribution in [3.63, 3.8) is 0 Å². The Bertz CT molecular complexity index is 1130. The van der Waals surface area contributed by atoms with Crippen LogP contribution in [-0.2, 0) is 4.74 Å². The van der Waals surface area contributed by atoms with Crippen LogP contribution in [0.3, 0.4) is 0 Å². The first-order valence-electron chi connectivity index (χ1n) is 10.9. The lowest BCUT2D eigenvalue weighted by Crippen LogP contribution is -2.38. The molecular formula is C24H25Cl2FN4O3. The third-order valence-electron chi connectivity index (χ3n) is 5.49. The third kappa shape index (κ3) is 5.88. The summed E-state index contributed by atoms with van der Waals surface area (Å²) < 4.78 is 31.2. The Morgan fingerprint density at radius 2 is 1.88 bits per heavy atom. The summed E-state index contributed by atoms with van der Waals surface area (Å²) in [6.45, 7) is 6.57. The second kappa shape index (κ2) is 11.2. The van der Waals surface area contributed by atoms with Crippen LogP contribution < -0.4 is 15.2 Å². The van der Waals surface area contributed by atoms with E-state index in [4.69, 9.17) is 43.1 Å². The lowest BCUT2D eigenvalue weighted by atomic mass is 10.1. The highest BCUT2D eigenvalue weighted by atomic mass is 35.5. The fourth-order valence-corrected chi connectivity index (χ4v) is 4.06. The molecule has 10 heteroatoms. The zero-order valence-electron chi connectivity index (χ0n) is 18.6. The van der Waals surface area contributed by atoms with Crippen molar-refractivity contribution in [1.29, 1.82) is 0 Å². The Morgan fingerprint density at radius 1 is 1.15 bits per heavy atom. The fourth-order valence-electron chi connectivity index (χ4n) is 3.53. The molecule has 3 aromatic rings. The van der Waals surface area contributed by atoms with Crippen LogP contribution in [0.4, 0.5) is 10.2 Å². The van der Waals surface area contributed by atoms with Crippen LogP contribution >= 0.6 is 23.2 Å². The molecule has 0 saturated carbocycles. The summed E-state index contributed by atoms with van der Waals surface area (Å²) in [7, 11) is 0. The number of rotatable bonds is 8. The minimum Gasteiger partial charge on any atom is -0.492 e. The fraction of sp³-hybridized carbons (Fsp3) is 0.333. The first-order chi connectivity index (χ1) is 16.4. The van der Waals surface area contributed by atoms with E-state index in [-0.39, 0.29) is 21.7 Å². The Kier molecular flexibility index (Phi) is 8.05. The van der Waals surface area contributed by atoms with E-state index in [9.17, 15) is 4.39 Å². The van der Waals surface area contributed by atoms with Gasteiger partial charge in [-0.25, -0.2) is 14.4 Å². The SMILES string of the molecule is CC(Oc1nc(-c2ccc(OCCN3CCOCC3)cc2)cnc1N)c1ccc(Cl)c(F)c1Cl. The van der Waals surface area contributed by atoms with E-state index in [0.717, 1.165) is 44.2 Å². The zero-order valence-corrected chi connectivity index (χ0v) is 20.2. The highest BCUT2D eigenvalue weighted by Gasteiger charge is 2.19. The molecule has 1 unspecified atom stereocenters. The van der Waals surface area contributed by atoms with E-state index in [0.29, 0.717) is 17.9 Å². The van der Waals surface area contributed by atoms with Gasteiger partial charge in [0.2, 0.25) is 0 Å². The van der Waals surface area contributed by atoms with Crippen molar-refractivity contribution in [3.05, 3.63) is 64.0 Å². The van der Waals surface area contributed by atoms with E-state index in [1.54, 1.807) is 19.2 Å². The molecule has 0 radical (unpaired) electrons. The first kappa shape index (κ1) is 24.5. The zero-order chi connectivity index (χ0) is 24.1. The van der Waals surface area contributed by atoms with Gasteiger partial charge in [0, 0.05) is 30.8 Å². The van der Waals surface area contributed by atoms with Gasteiger partial charge in [-0.3, -0.25) is 4.90 Å². The van der Waals surface area contributed by atoms with Gasteiger partial charge in [0.1, 0.15) is 18.5 Å². The van der Waals surface area contributed by atoms with Gasteiger partial charge in [0.25, 0.3) is 5.88 Å². The molecule has 1 saturated heterocycles. The van der Waals surface area contributed by atoms with Gasteiger partial charge in [-0.1, -0.05) is 29.3 Å². The lowest BCUT2D eigenvalue weighted by Gasteiger charge is -2.26. The van der Waals surface area contributed by atoms with E-state index in [2.05, 4.69) is 14.9 Å². The third-order valence-corrected chi connectivity index (χ3v) is 6.16. The molecular weight excluding hydrogens is 482 g/mol. The topological polar surface area (TPSA) is 82.7 Å². The Hall–Kier alpha value is -2.65. The standard InChI is InChI=1S/C24H25Cl2FN4O3/c1-15(18-6-7-19(25)22(27)21(18)26)34-24-23(28)29-14-20(30-24)16-2-4-17(5-3-16)33-13-10-31-8-11-32-12-9-31/h2-7,14-15H,8-13H2,1H3,(H2,28,29). The van der Waals surface area contributed by atoms with E-state index in [1.165, 1.54) is 6.07 Å². The number of anilines is 1. The second-order valence-corrected chi connectivity index (χ2v) is 8.58. The highest BCUT2D eigenvalue weighted by Crippen LogP contribution is 2.34. The van der Waals surface area contributed by atoms with Gasteiger partial charge < -0.3 is 19.9 Å². The highest BCUT2D eigenvalue weighted by molar-refractivity contribution is 6.35. The summed E-state index contributed by atoms with van der Waals surface area (Å²) in [5.74, 6) is 0.313. The summed E-state index contributed by atoms with van der Waals surface area (Å²) in [5.41, 5.74) is 7.79. The van der Waals surface area contributed by atoms with Crippen molar-refractivity contribution in [2.45, 2.75) is 13.0 Å². The molecule has 1 aromatic heterocycles. The maximum absolute atomic E-state index is 14.1. The molecule has 2 N–H and O–H groups in total. The number of halogens is 3. The van der Waals surface area contributed by atoms with E-state index in [1.807, 2.05) is 24.3 Å². The average Bonchev–Trinajstić information content (AvgIpc) is 2.85. The Labute approximate surface area is 207 Å². The largest absolute Gasteiger partial charge is 0.492 e. The van der Waals surface area contributed by atoms with Gasteiger partial charge in [-0.05, 0) is 37.3 Å². The van der Waals surface area contributed by atoms with Crippen molar-refractivity contribution < 1.29 is 18.6 Å². The average molecular weight is 507 g/mol. The van der Waals surface area contributed by atoms with Crippen molar-refractivity contribution >= 4 is 29.0 Å². The molecule has 2 heterocycles. The van der Waals surface area contributed by atoms with Crippen molar-refractivity contribution in [2.24, 2.45) is 0 Å². The van der Waals surface area contributed by atoms with Crippen molar-refractivity contribution in [3.8, 4) is 22.9 Å². The van der Waals surface area contributed by atoms with Crippen molar-refractivity contribution in [1.82, 2.24) is 14.9 Å². The van der Waals surface area contributed by atoms with E-state index >= 15 is 0 Å². The number of nitrogens with two attached hydrogens (primary N) is 1. The number of benzene rings is 2. The second-order valence-electron chi connectivity index (χ2n) is 7.80. The van der Waals surface area contributed by atoms with Crippen LogP contribution in [0.1, 0.15) is 18.6 Å². The lowest BCUT2D eigenvalue weighted by molar-refractivity contribution is 0.0322. The quantitative estimate of drug-likeness (QED) is 0.429. The van der Waals surface area contributed by atoms with Crippen LogP contribution in [-0.4, -0.2) is 54.3 Å². The molecule has 0 bridgehead atoms. The maximum atomic E-state index is 14.1. The molecule has 7 nitrogen and oxygen atoms in total. The maximum Gasteiger partial charge on any atom is 0.258 e. The summed E-state index contributed by atoms with van der Waals surface area (Å²) in [5, 5.41) is -0.164. The van der Waals surface area contributed by atoms with Gasteiger partial charge in [-0.15, -0.1) is 0 Å². The Balaban J connectivity index is 1.41. The number of hydrogen-bond donors (Lipinski definition) is 1. The number of ether oxygens (including phenoxy) is 3. The van der Waals surface area contributed by atoms with Gasteiger partial charge in [0.05, 0.1) is 35.1 Å². The van der Waals surface area contributed by atoms with Crippen LogP contribution in [0, 0.1) is 5.82 Å². The normalized spacial score (nSPS) is 15.2. The van der Waals surface area contributed by atoms with Crippen LogP contribution in [0.25, 0.3) is 11.3 Å². The molecule has 34 heavy (non-hydrogen) atoms. The van der Waals surface area contributed by atoms with E-state index < -0.39 is 11.9 Å². The number of morpholine rings is 1. The number of hydrogen-bond acceptors (Lipinski definition) is 7. The molecule has 0 aliphatic carbocycles. The summed E-state index contributed by atoms with van der Waals surface area (Å²) >= 11 is 11.9. The number of aromatic nitrogens is 2. The molecule has 180 valence electrons. The molecule has 1 atom stereocenters.